The monoisotopic (exact) mass is 250 g/mol. The van der Waals surface area contributed by atoms with Crippen LogP contribution < -0.4 is 0 Å². The van der Waals surface area contributed by atoms with Gasteiger partial charge in [-0.1, -0.05) is 34.6 Å². The summed E-state index contributed by atoms with van der Waals surface area (Å²) in [4.78, 5) is 0. The minimum absolute atomic E-state index is 0.106. The Hall–Kier alpha value is -0.210. The zero-order valence-corrected chi connectivity index (χ0v) is 11.6. The minimum atomic E-state index is -4.07. The first-order valence-corrected chi connectivity index (χ1v) is 6.66. The second kappa shape index (κ2) is 4.81. The third kappa shape index (κ3) is 2.79. The van der Waals surface area contributed by atoms with Crippen molar-refractivity contribution in [3.63, 3.8) is 0 Å². The maximum atomic E-state index is 13.4. The number of rotatable bonds is 2. The SMILES string of the molecule is CC(C)C1CCC(C(C)C)C(C)(C(F)(F)F)C1. The Bertz CT molecular complexity index is 255. The highest BCUT2D eigenvalue weighted by atomic mass is 19.4. The Morgan fingerprint density at radius 3 is 1.88 bits per heavy atom. The van der Waals surface area contributed by atoms with Gasteiger partial charge in [-0.05, 0) is 42.9 Å². The molecule has 0 saturated heterocycles. The van der Waals surface area contributed by atoms with Gasteiger partial charge in [0.1, 0.15) is 0 Å². The maximum Gasteiger partial charge on any atom is 0.394 e. The first-order chi connectivity index (χ1) is 7.59. The third-order valence-electron chi connectivity index (χ3n) is 4.75. The van der Waals surface area contributed by atoms with Crippen LogP contribution in [0.2, 0.25) is 0 Å². The summed E-state index contributed by atoms with van der Waals surface area (Å²) in [5.74, 6) is 0.452. The van der Waals surface area contributed by atoms with Crippen molar-refractivity contribution < 1.29 is 13.2 Å². The number of hydrogen-bond acceptors (Lipinski definition) is 0. The second-order valence-corrected chi connectivity index (χ2v) is 6.55. The zero-order chi connectivity index (χ0) is 13.4. The van der Waals surface area contributed by atoms with Crippen LogP contribution in [0.4, 0.5) is 13.2 Å². The van der Waals surface area contributed by atoms with Crippen molar-refractivity contribution in [3.8, 4) is 0 Å². The molecule has 1 aliphatic rings. The fourth-order valence-corrected chi connectivity index (χ4v) is 3.47. The molecule has 1 aliphatic carbocycles. The summed E-state index contributed by atoms with van der Waals surface area (Å²) >= 11 is 0. The number of halogens is 3. The van der Waals surface area contributed by atoms with Gasteiger partial charge in [-0.25, -0.2) is 0 Å². The van der Waals surface area contributed by atoms with Crippen LogP contribution in [0, 0.1) is 29.1 Å². The van der Waals surface area contributed by atoms with E-state index in [2.05, 4.69) is 0 Å². The Labute approximate surface area is 103 Å². The topological polar surface area (TPSA) is 0 Å². The van der Waals surface area contributed by atoms with Gasteiger partial charge in [0.2, 0.25) is 0 Å². The van der Waals surface area contributed by atoms with Gasteiger partial charge in [0.05, 0.1) is 5.41 Å². The van der Waals surface area contributed by atoms with E-state index >= 15 is 0 Å². The largest absolute Gasteiger partial charge is 0.394 e. The van der Waals surface area contributed by atoms with E-state index in [0.717, 1.165) is 12.8 Å². The van der Waals surface area contributed by atoms with Crippen LogP contribution in [0.25, 0.3) is 0 Å². The molecule has 0 radical (unpaired) electrons. The van der Waals surface area contributed by atoms with Crippen molar-refractivity contribution in [2.45, 2.75) is 60.1 Å². The standard InChI is InChI=1S/C14H25F3/c1-9(2)11-6-7-12(10(3)4)13(5,8-11)14(15,16)17/h9-12H,6-8H2,1-5H3. The lowest BCUT2D eigenvalue weighted by molar-refractivity contribution is -0.257. The van der Waals surface area contributed by atoms with E-state index in [4.69, 9.17) is 0 Å². The molecular weight excluding hydrogens is 225 g/mol. The predicted octanol–water partition coefficient (Wildman–Crippen LogP) is 5.28. The summed E-state index contributed by atoms with van der Waals surface area (Å²) in [6, 6.07) is 0. The molecule has 3 heteroatoms. The first kappa shape index (κ1) is 14.8. The fraction of sp³-hybridized carbons (Fsp3) is 1.00. The lowest BCUT2D eigenvalue weighted by atomic mass is 9.58. The normalized spacial score (nSPS) is 35.6. The van der Waals surface area contributed by atoms with Crippen LogP contribution in [-0.4, -0.2) is 6.18 Å². The molecule has 0 heterocycles. The van der Waals surface area contributed by atoms with Crippen molar-refractivity contribution in [1.29, 1.82) is 0 Å². The quantitative estimate of drug-likeness (QED) is 0.625. The van der Waals surface area contributed by atoms with Gasteiger partial charge in [0, 0.05) is 0 Å². The molecule has 0 bridgehead atoms. The molecule has 0 N–H and O–H groups in total. The summed E-state index contributed by atoms with van der Waals surface area (Å²) in [6.45, 7) is 9.36. The summed E-state index contributed by atoms with van der Waals surface area (Å²) < 4.78 is 40.1. The minimum Gasteiger partial charge on any atom is -0.171 e. The van der Waals surface area contributed by atoms with E-state index in [9.17, 15) is 13.2 Å². The summed E-state index contributed by atoms with van der Waals surface area (Å²) in [5.41, 5.74) is -1.49. The van der Waals surface area contributed by atoms with Crippen LogP contribution in [0.5, 0.6) is 0 Å². The van der Waals surface area contributed by atoms with Crippen LogP contribution in [0.15, 0.2) is 0 Å². The van der Waals surface area contributed by atoms with Crippen molar-refractivity contribution in [1.82, 2.24) is 0 Å². The predicted molar refractivity (Wildman–Crippen MR) is 64.7 cm³/mol. The second-order valence-electron chi connectivity index (χ2n) is 6.55. The highest BCUT2D eigenvalue weighted by Crippen LogP contribution is 2.56. The summed E-state index contributed by atoms with van der Waals surface area (Å²) in [6.07, 6.45) is -2.10. The fourth-order valence-electron chi connectivity index (χ4n) is 3.47. The van der Waals surface area contributed by atoms with Crippen molar-refractivity contribution in [3.05, 3.63) is 0 Å². The van der Waals surface area contributed by atoms with Gasteiger partial charge in [0.25, 0.3) is 0 Å². The molecule has 0 amide bonds. The highest BCUT2D eigenvalue weighted by molar-refractivity contribution is 4.96. The summed E-state index contributed by atoms with van der Waals surface area (Å²) in [5, 5.41) is 0. The van der Waals surface area contributed by atoms with Crippen LogP contribution in [0.1, 0.15) is 53.9 Å². The molecular formula is C14H25F3. The van der Waals surface area contributed by atoms with Gasteiger partial charge in [0.15, 0.2) is 0 Å². The van der Waals surface area contributed by atoms with Crippen molar-refractivity contribution in [2.24, 2.45) is 29.1 Å². The molecule has 3 unspecified atom stereocenters. The molecule has 0 aromatic heterocycles. The Morgan fingerprint density at radius 2 is 1.53 bits per heavy atom. The molecule has 0 aromatic carbocycles. The van der Waals surface area contributed by atoms with Gasteiger partial charge in [-0.15, -0.1) is 0 Å². The van der Waals surface area contributed by atoms with E-state index in [0.29, 0.717) is 12.3 Å². The smallest absolute Gasteiger partial charge is 0.171 e. The van der Waals surface area contributed by atoms with E-state index in [1.807, 2.05) is 27.7 Å². The van der Waals surface area contributed by atoms with E-state index in [-0.39, 0.29) is 17.8 Å². The molecule has 0 aromatic rings. The van der Waals surface area contributed by atoms with Gasteiger partial charge in [-0.2, -0.15) is 13.2 Å². The van der Waals surface area contributed by atoms with E-state index < -0.39 is 11.6 Å². The van der Waals surface area contributed by atoms with Gasteiger partial charge >= 0.3 is 6.18 Å². The highest BCUT2D eigenvalue weighted by Gasteiger charge is 2.58. The molecule has 0 nitrogen and oxygen atoms in total. The maximum absolute atomic E-state index is 13.4. The Kier molecular flexibility index (Phi) is 4.20. The first-order valence-electron chi connectivity index (χ1n) is 6.66. The average molecular weight is 250 g/mol. The van der Waals surface area contributed by atoms with Crippen molar-refractivity contribution >= 4 is 0 Å². The Morgan fingerprint density at radius 1 is 1.00 bits per heavy atom. The number of alkyl halides is 3. The molecule has 17 heavy (non-hydrogen) atoms. The summed E-state index contributed by atoms with van der Waals surface area (Å²) in [7, 11) is 0. The lowest BCUT2D eigenvalue weighted by Gasteiger charge is -2.48. The molecule has 1 saturated carbocycles. The van der Waals surface area contributed by atoms with E-state index in [1.165, 1.54) is 6.92 Å². The van der Waals surface area contributed by atoms with Crippen LogP contribution in [0.3, 0.4) is 0 Å². The molecule has 0 aliphatic heterocycles. The Balaban J connectivity index is 2.99. The molecule has 3 atom stereocenters. The van der Waals surface area contributed by atoms with Crippen molar-refractivity contribution in [2.75, 3.05) is 0 Å². The zero-order valence-electron chi connectivity index (χ0n) is 11.6. The van der Waals surface area contributed by atoms with Crippen LogP contribution >= 0.6 is 0 Å². The molecule has 1 fully saturated rings. The third-order valence-corrected chi connectivity index (χ3v) is 4.75. The molecule has 102 valence electrons. The van der Waals surface area contributed by atoms with Crippen LogP contribution in [-0.2, 0) is 0 Å². The van der Waals surface area contributed by atoms with Gasteiger partial charge < -0.3 is 0 Å². The number of hydrogen-bond donors (Lipinski definition) is 0. The molecule has 1 rings (SSSR count). The van der Waals surface area contributed by atoms with Gasteiger partial charge in [-0.3, -0.25) is 0 Å². The van der Waals surface area contributed by atoms with E-state index in [1.54, 1.807) is 0 Å². The molecule has 0 spiro atoms. The lowest BCUT2D eigenvalue weighted by Crippen LogP contribution is -2.48. The average Bonchev–Trinajstić information content (AvgIpc) is 2.14.